The zero-order valence-electron chi connectivity index (χ0n) is 10.7. The number of imide groups is 1. The third-order valence-corrected chi connectivity index (χ3v) is 2.96. The molecule has 0 spiro atoms. The highest BCUT2D eigenvalue weighted by atomic mass is 32.2. The Balaban J connectivity index is 4.20. The van der Waals surface area contributed by atoms with Crippen molar-refractivity contribution in [2.75, 3.05) is 18.6 Å². The van der Waals surface area contributed by atoms with Crippen molar-refractivity contribution in [2.24, 2.45) is 0 Å². The van der Waals surface area contributed by atoms with E-state index in [0.717, 1.165) is 12.2 Å². The highest BCUT2D eigenvalue weighted by Gasteiger charge is 2.14. The van der Waals surface area contributed by atoms with Gasteiger partial charge in [-0.05, 0) is 32.3 Å². The summed E-state index contributed by atoms with van der Waals surface area (Å²) in [6.45, 7) is 3.15. The lowest BCUT2D eigenvalue weighted by atomic mass is 10.1. The van der Waals surface area contributed by atoms with Gasteiger partial charge in [-0.1, -0.05) is 0 Å². The normalized spacial score (nSPS) is 11.5. The number of carboxylic acid groups (broad SMARTS) is 1. The van der Waals surface area contributed by atoms with E-state index in [4.69, 9.17) is 5.11 Å². The number of carbonyl (C=O) groups excluding carboxylic acids is 2. The second-order valence-electron chi connectivity index (χ2n) is 3.61. The average molecular weight is 274 g/mol. The fourth-order valence-electron chi connectivity index (χ4n) is 0.990. The molecule has 0 fully saturated rings. The van der Waals surface area contributed by atoms with Crippen LogP contribution < -0.4 is 10.6 Å². The highest BCUT2D eigenvalue weighted by Crippen LogP contribution is 2.03. The molecule has 0 unspecified atom stereocenters. The van der Waals surface area contributed by atoms with E-state index in [2.05, 4.69) is 10.6 Å². The predicted molar refractivity (Wildman–Crippen MR) is 70.6 cm³/mol. The van der Waals surface area contributed by atoms with Crippen LogP contribution in [-0.2, 0) is 9.59 Å². The number of hydrogen-bond donors (Lipinski definition) is 3. The molecule has 6 nitrogen and oxygen atoms in total. The van der Waals surface area contributed by atoms with Gasteiger partial charge in [0, 0.05) is 17.7 Å². The Labute approximate surface area is 110 Å². The quantitative estimate of drug-likeness (QED) is 0.496. The average Bonchev–Trinajstić information content (AvgIpc) is 2.32. The number of carboxylic acids is 1. The van der Waals surface area contributed by atoms with Crippen LogP contribution in [0.2, 0.25) is 0 Å². The Morgan fingerprint density at radius 3 is 2.28 bits per heavy atom. The standard InChI is InChI=1S/C11H18N2O4S/c1-7(8(2)10(15)16)9(14)13-11(17)12-5-4-6-18-3/h4-6H2,1-3H3,(H,15,16)(H2,12,13,14,17). The van der Waals surface area contributed by atoms with Gasteiger partial charge in [0.15, 0.2) is 0 Å². The Kier molecular flexibility index (Phi) is 7.86. The van der Waals surface area contributed by atoms with E-state index >= 15 is 0 Å². The summed E-state index contributed by atoms with van der Waals surface area (Å²) in [7, 11) is 0. The molecule has 0 rings (SSSR count). The first-order valence-corrected chi connectivity index (χ1v) is 6.78. The highest BCUT2D eigenvalue weighted by molar-refractivity contribution is 7.98. The maximum Gasteiger partial charge on any atom is 0.331 e. The second-order valence-corrected chi connectivity index (χ2v) is 4.60. The topological polar surface area (TPSA) is 95.5 Å². The molecule has 102 valence electrons. The summed E-state index contributed by atoms with van der Waals surface area (Å²) in [6, 6.07) is -0.612. The maximum atomic E-state index is 11.5. The number of urea groups is 1. The van der Waals surface area contributed by atoms with E-state index in [0.29, 0.717) is 6.54 Å². The molecule has 3 amide bonds. The number of carbonyl (C=O) groups is 3. The van der Waals surface area contributed by atoms with Gasteiger partial charge in [0.1, 0.15) is 0 Å². The van der Waals surface area contributed by atoms with Crippen LogP contribution in [0.1, 0.15) is 20.3 Å². The summed E-state index contributed by atoms with van der Waals surface area (Å²) in [5, 5.41) is 13.3. The second kappa shape index (κ2) is 8.57. The number of nitrogens with one attached hydrogen (secondary N) is 2. The number of rotatable bonds is 6. The SMILES string of the molecule is CSCCCNC(=O)NC(=O)C(C)=C(C)C(=O)O. The van der Waals surface area contributed by atoms with Gasteiger partial charge in [-0.3, -0.25) is 10.1 Å². The van der Waals surface area contributed by atoms with Gasteiger partial charge in [0.25, 0.3) is 5.91 Å². The lowest BCUT2D eigenvalue weighted by Gasteiger charge is -2.07. The fourth-order valence-corrected chi connectivity index (χ4v) is 1.42. The minimum Gasteiger partial charge on any atom is -0.478 e. The van der Waals surface area contributed by atoms with Crippen LogP contribution in [0, 0.1) is 0 Å². The molecule has 0 saturated heterocycles. The van der Waals surface area contributed by atoms with Crippen LogP contribution in [0.25, 0.3) is 0 Å². The van der Waals surface area contributed by atoms with Gasteiger partial charge in [-0.2, -0.15) is 11.8 Å². The van der Waals surface area contributed by atoms with E-state index in [1.54, 1.807) is 11.8 Å². The van der Waals surface area contributed by atoms with Crippen molar-refractivity contribution < 1.29 is 19.5 Å². The Bertz CT molecular complexity index is 366. The van der Waals surface area contributed by atoms with E-state index in [1.165, 1.54) is 13.8 Å². The van der Waals surface area contributed by atoms with Crippen LogP contribution >= 0.6 is 11.8 Å². The molecule has 0 aromatic rings. The Hall–Kier alpha value is -1.50. The largest absolute Gasteiger partial charge is 0.478 e. The molecule has 0 atom stereocenters. The molecule has 0 aliphatic carbocycles. The van der Waals surface area contributed by atoms with Gasteiger partial charge in [0.05, 0.1) is 0 Å². The van der Waals surface area contributed by atoms with Crippen molar-refractivity contribution in [3.05, 3.63) is 11.1 Å². The van der Waals surface area contributed by atoms with Crippen LogP contribution in [0.15, 0.2) is 11.1 Å². The molecule has 0 radical (unpaired) electrons. The van der Waals surface area contributed by atoms with Gasteiger partial charge in [-0.25, -0.2) is 9.59 Å². The van der Waals surface area contributed by atoms with E-state index in [9.17, 15) is 14.4 Å². The van der Waals surface area contributed by atoms with Crippen LogP contribution in [0.4, 0.5) is 4.79 Å². The van der Waals surface area contributed by atoms with Gasteiger partial charge >= 0.3 is 12.0 Å². The van der Waals surface area contributed by atoms with Crippen LogP contribution in [0.5, 0.6) is 0 Å². The fraction of sp³-hybridized carbons (Fsp3) is 0.545. The van der Waals surface area contributed by atoms with Crippen molar-refractivity contribution in [2.45, 2.75) is 20.3 Å². The molecule has 7 heteroatoms. The van der Waals surface area contributed by atoms with E-state index in [-0.39, 0.29) is 11.1 Å². The first-order valence-electron chi connectivity index (χ1n) is 5.39. The Morgan fingerprint density at radius 1 is 1.17 bits per heavy atom. The number of thioether (sulfide) groups is 1. The van der Waals surface area contributed by atoms with Crippen molar-refractivity contribution in [3.8, 4) is 0 Å². The summed E-state index contributed by atoms with van der Waals surface area (Å²) in [5.74, 6) is -0.953. The zero-order chi connectivity index (χ0) is 14.1. The molecular formula is C11H18N2O4S. The summed E-state index contributed by atoms with van der Waals surface area (Å²) in [4.78, 5) is 33.4. The molecule has 18 heavy (non-hydrogen) atoms. The van der Waals surface area contributed by atoms with Crippen molar-refractivity contribution in [1.82, 2.24) is 10.6 Å². The number of amides is 3. The number of hydrogen-bond acceptors (Lipinski definition) is 4. The third-order valence-electron chi connectivity index (χ3n) is 2.26. The molecule has 0 aromatic heterocycles. The lowest BCUT2D eigenvalue weighted by molar-refractivity contribution is -0.133. The van der Waals surface area contributed by atoms with Gasteiger partial charge in [0.2, 0.25) is 0 Å². The van der Waals surface area contributed by atoms with Gasteiger partial charge < -0.3 is 10.4 Å². The summed E-state index contributed by atoms with van der Waals surface area (Å²) >= 11 is 1.67. The molecule has 0 bridgehead atoms. The monoisotopic (exact) mass is 274 g/mol. The first-order chi connectivity index (χ1) is 8.40. The van der Waals surface area contributed by atoms with E-state index in [1.807, 2.05) is 6.26 Å². The first kappa shape index (κ1) is 16.5. The smallest absolute Gasteiger partial charge is 0.331 e. The maximum absolute atomic E-state index is 11.5. The predicted octanol–water partition coefficient (Wildman–Crippen LogP) is 0.986. The lowest BCUT2D eigenvalue weighted by Crippen LogP contribution is -2.40. The summed E-state index contributed by atoms with van der Waals surface area (Å²) in [5.41, 5.74) is -0.0653. The summed E-state index contributed by atoms with van der Waals surface area (Å²) in [6.07, 6.45) is 2.78. The molecule has 3 N–H and O–H groups in total. The van der Waals surface area contributed by atoms with E-state index < -0.39 is 17.9 Å². The van der Waals surface area contributed by atoms with Crippen LogP contribution in [0.3, 0.4) is 0 Å². The molecule has 0 aliphatic heterocycles. The van der Waals surface area contributed by atoms with Crippen molar-refractivity contribution >= 4 is 29.7 Å². The molecule has 0 saturated carbocycles. The molecular weight excluding hydrogens is 256 g/mol. The molecule has 0 aliphatic rings. The van der Waals surface area contributed by atoms with Gasteiger partial charge in [-0.15, -0.1) is 0 Å². The van der Waals surface area contributed by atoms with Crippen LogP contribution in [-0.4, -0.2) is 41.6 Å². The minimum atomic E-state index is -1.18. The van der Waals surface area contributed by atoms with Crippen molar-refractivity contribution in [3.63, 3.8) is 0 Å². The number of aliphatic carboxylic acids is 1. The molecule has 0 heterocycles. The minimum absolute atomic E-state index is 0.0155. The summed E-state index contributed by atoms with van der Waals surface area (Å²) < 4.78 is 0. The molecule has 0 aromatic carbocycles. The zero-order valence-corrected chi connectivity index (χ0v) is 11.5. The van der Waals surface area contributed by atoms with Crippen molar-refractivity contribution in [1.29, 1.82) is 0 Å². The Morgan fingerprint density at radius 2 is 1.78 bits per heavy atom. The third kappa shape index (κ3) is 6.29.